The molecule has 0 aliphatic rings. The summed E-state index contributed by atoms with van der Waals surface area (Å²) in [5.74, 6) is -4.18. The zero-order chi connectivity index (χ0) is 19.6. The number of aromatic nitrogens is 2. The molecule has 0 spiro atoms. The Kier molecular flexibility index (Phi) is 5.33. The van der Waals surface area contributed by atoms with E-state index in [1.165, 1.54) is 12.1 Å². The molecule has 0 aliphatic carbocycles. The average Bonchev–Trinajstić information content (AvgIpc) is 2.65. The van der Waals surface area contributed by atoms with E-state index in [4.69, 9.17) is 11.6 Å². The fourth-order valence-corrected chi connectivity index (χ4v) is 3.24. The Balaban J connectivity index is 1.76. The van der Waals surface area contributed by atoms with Crippen molar-refractivity contribution in [1.29, 1.82) is 0 Å². The van der Waals surface area contributed by atoms with Gasteiger partial charge in [-0.1, -0.05) is 17.7 Å². The highest BCUT2D eigenvalue weighted by molar-refractivity contribution is 7.91. The predicted molar refractivity (Wildman–Crippen MR) is 95.4 cm³/mol. The maximum absolute atomic E-state index is 12.6. The third kappa shape index (κ3) is 4.20. The zero-order valence-electron chi connectivity index (χ0n) is 13.6. The SMILES string of the molecule is O=C(NCc1cc2nc(Cl)ccc2cn1)c1cccc(S(=O)(=O)C(F)F)c1. The second-order valence-corrected chi connectivity index (χ2v) is 7.82. The fourth-order valence-electron chi connectivity index (χ4n) is 2.32. The van der Waals surface area contributed by atoms with Crippen molar-refractivity contribution in [3.05, 3.63) is 65.1 Å². The van der Waals surface area contributed by atoms with Crippen LogP contribution in [0.1, 0.15) is 16.1 Å². The van der Waals surface area contributed by atoms with Gasteiger partial charge in [0.15, 0.2) is 0 Å². The molecule has 2 aromatic heterocycles. The van der Waals surface area contributed by atoms with E-state index < -0.39 is 26.4 Å². The summed E-state index contributed by atoms with van der Waals surface area (Å²) >= 11 is 5.85. The molecule has 27 heavy (non-hydrogen) atoms. The van der Waals surface area contributed by atoms with Crippen LogP contribution in [0, 0.1) is 0 Å². The number of pyridine rings is 2. The Morgan fingerprint density at radius 1 is 1.19 bits per heavy atom. The maximum Gasteiger partial charge on any atom is 0.341 e. The molecule has 140 valence electrons. The number of nitrogens with one attached hydrogen (secondary N) is 1. The summed E-state index contributed by atoms with van der Waals surface area (Å²) in [5, 5.41) is 3.66. The van der Waals surface area contributed by atoms with Gasteiger partial charge >= 0.3 is 5.76 Å². The lowest BCUT2D eigenvalue weighted by Gasteiger charge is -2.08. The lowest BCUT2D eigenvalue weighted by Crippen LogP contribution is -2.23. The van der Waals surface area contributed by atoms with Crippen molar-refractivity contribution in [3.63, 3.8) is 0 Å². The number of benzene rings is 1. The van der Waals surface area contributed by atoms with Crippen LogP contribution in [0.25, 0.3) is 10.9 Å². The first-order chi connectivity index (χ1) is 12.8. The Labute approximate surface area is 158 Å². The van der Waals surface area contributed by atoms with Gasteiger partial charge in [0.05, 0.1) is 22.7 Å². The average molecular weight is 412 g/mol. The Morgan fingerprint density at radius 3 is 2.70 bits per heavy atom. The molecule has 0 atom stereocenters. The van der Waals surface area contributed by atoms with E-state index in [9.17, 15) is 22.0 Å². The van der Waals surface area contributed by atoms with Gasteiger partial charge in [0.2, 0.25) is 9.84 Å². The van der Waals surface area contributed by atoms with Crippen molar-refractivity contribution in [2.24, 2.45) is 0 Å². The van der Waals surface area contributed by atoms with E-state index >= 15 is 0 Å². The number of alkyl halides is 2. The number of sulfone groups is 1. The third-order valence-corrected chi connectivity index (χ3v) is 5.28. The lowest BCUT2D eigenvalue weighted by molar-refractivity contribution is 0.0950. The molecular weight excluding hydrogens is 400 g/mol. The molecule has 0 radical (unpaired) electrons. The van der Waals surface area contributed by atoms with Crippen LogP contribution in [-0.4, -0.2) is 30.1 Å². The Bertz CT molecular complexity index is 1120. The van der Waals surface area contributed by atoms with Crippen molar-refractivity contribution < 1.29 is 22.0 Å². The largest absolute Gasteiger partial charge is 0.346 e. The van der Waals surface area contributed by atoms with Crippen molar-refractivity contribution in [1.82, 2.24) is 15.3 Å². The molecule has 3 aromatic rings. The summed E-state index contributed by atoms with van der Waals surface area (Å²) in [6.45, 7) is 0.0365. The molecule has 3 rings (SSSR count). The smallest absolute Gasteiger partial charge is 0.341 e. The standard InChI is InChI=1S/C17H12ClF2N3O3S/c18-15-5-4-11-8-21-12(7-14(11)23-15)9-22-16(24)10-2-1-3-13(6-10)27(25,26)17(19)20/h1-8,17H,9H2,(H,22,24). The number of amides is 1. The van der Waals surface area contributed by atoms with Crippen LogP contribution in [0.4, 0.5) is 8.78 Å². The molecule has 10 heteroatoms. The number of hydrogen-bond donors (Lipinski definition) is 1. The number of rotatable bonds is 5. The van der Waals surface area contributed by atoms with Gasteiger partial charge in [0, 0.05) is 17.1 Å². The highest BCUT2D eigenvalue weighted by Gasteiger charge is 2.27. The van der Waals surface area contributed by atoms with E-state index in [2.05, 4.69) is 15.3 Å². The first-order valence-electron chi connectivity index (χ1n) is 7.59. The third-order valence-electron chi connectivity index (χ3n) is 3.69. The van der Waals surface area contributed by atoms with Gasteiger partial charge in [-0.15, -0.1) is 0 Å². The van der Waals surface area contributed by atoms with Crippen LogP contribution in [0.3, 0.4) is 0 Å². The van der Waals surface area contributed by atoms with E-state index in [1.807, 2.05) is 0 Å². The van der Waals surface area contributed by atoms with Gasteiger partial charge in [-0.25, -0.2) is 13.4 Å². The van der Waals surface area contributed by atoms with Gasteiger partial charge < -0.3 is 5.32 Å². The molecule has 6 nitrogen and oxygen atoms in total. The van der Waals surface area contributed by atoms with E-state index in [0.717, 1.165) is 17.5 Å². The van der Waals surface area contributed by atoms with Gasteiger partial charge in [-0.3, -0.25) is 9.78 Å². The van der Waals surface area contributed by atoms with E-state index in [0.29, 0.717) is 16.4 Å². The van der Waals surface area contributed by atoms with Crippen molar-refractivity contribution >= 4 is 38.2 Å². The summed E-state index contributed by atoms with van der Waals surface area (Å²) in [6.07, 6.45) is 1.58. The molecule has 0 fully saturated rings. The first kappa shape index (κ1) is 19.1. The van der Waals surface area contributed by atoms with Crippen molar-refractivity contribution in [3.8, 4) is 0 Å². The highest BCUT2D eigenvalue weighted by atomic mass is 35.5. The normalized spacial score (nSPS) is 11.7. The molecule has 0 aliphatic heterocycles. The second kappa shape index (κ2) is 7.53. The molecule has 1 aromatic carbocycles. The van der Waals surface area contributed by atoms with Crippen LogP contribution < -0.4 is 5.32 Å². The fraction of sp³-hybridized carbons (Fsp3) is 0.118. The second-order valence-electron chi connectivity index (χ2n) is 5.52. The van der Waals surface area contributed by atoms with Crippen molar-refractivity contribution in [2.45, 2.75) is 17.2 Å². The molecule has 0 unspecified atom stereocenters. The highest BCUT2D eigenvalue weighted by Crippen LogP contribution is 2.19. The zero-order valence-corrected chi connectivity index (χ0v) is 15.1. The molecule has 0 saturated carbocycles. The van der Waals surface area contributed by atoms with Crippen molar-refractivity contribution in [2.75, 3.05) is 0 Å². The van der Waals surface area contributed by atoms with Crippen LogP contribution >= 0.6 is 11.6 Å². The maximum atomic E-state index is 12.6. The summed E-state index contributed by atoms with van der Waals surface area (Å²) in [7, 11) is -4.77. The molecule has 0 bridgehead atoms. The molecule has 1 amide bonds. The minimum atomic E-state index is -4.77. The van der Waals surface area contributed by atoms with Gasteiger partial charge in [0.1, 0.15) is 5.15 Å². The quantitative estimate of drug-likeness (QED) is 0.651. The molecule has 1 N–H and O–H groups in total. The van der Waals surface area contributed by atoms with E-state index in [-0.39, 0.29) is 12.1 Å². The topological polar surface area (TPSA) is 89.0 Å². The van der Waals surface area contributed by atoms with E-state index in [1.54, 1.807) is 24.4 Å². The van der Waals surface area contributed by atoms with Crippen LogP contribution in [0.15, 0.2) is 53.6 Å². The molecule has 0 saturated heterocycles. The monoisotopic (exact) mass is 411 g/mol. The lowest BCUT2D eigenvalue weighted by atomic mass is 10.2. The number of carbonyl (C=O) groups excluding carboxylic acids is 1. The molecular formula is C17H12ClF2N3O3S. The number of nitrogens with zero attached hydrogens (tertiary/aromatic N) is 2. The Morgan fingerprint density at radius 2 is 1.96 bits per heavy atom. The Hall–Kier alpha value is -2.65. The minimum Gasteiger partial charge on any atom is -0.346 e. The number of hydrogen-bond acceptors (Lipinski definition) is 5. The van der Waals surface area contributed by atoms with Crippen LogP contribution in [0.2, 0.25) is 5.15 Å². The van der Waals surface area contributed by atoms with Gasteiger partial charge in [0.25, 0.3) is 5.91 Å². The van der Waals surface area contributed by atoms with Gasteiger partial charge in [-0.05, 0) is 36.4 Å². The number of carbonyl (C=O) groups is 1. The minimum absolute atomic E-state index is 0.0365. The van der Waals surface area contributed by atoms with Gasteiger partial charge in [-0.2, -0.15) is 8.78 Å². The molecule has 2 heterocycles. The summed E-state index contributed by atoms with van der Waals surface area (Å²) in [5.41, 5.74) is 1.05. The summed E-state index contributed by atoms with van der Waals surface area (Å²) in [6, 6.07) is 9.52. The predicted octanol–water partition coefficient (Wildman–Crippen LogP) is 3.21. The first-order valence-corrected chi connectivity index (χ1v) is 9.51. The number of fused-ring (bicyclic) bond motifs is 1. The summed E-state index contributed by atoms with van der Waals surface area (Å²) in [4.78, 5) is 20.0. The number of halogens is 3. The van der Waals surface area contributed by atoms with Crippen LogP contribution in [-0.2, 0) is 16.4 Å². The van der Waals surface area contributed by atoms with Crippen LogP contribution in [0.5, 0.6) is 0 Å². The summed E-state index contributed by atoms with van der Waals surface area (Å²) < 4.78 is 48.3.